The fourth-order valence-electron chi connectivity index (χ4n) is 2.62. The van der Waals surface area contributed by atoms with Gasteiger partial charge in [0.25, 0.3) is 0 Å². The van der Waals surface area contributed by atoms with Gasteiger partial charge in [-0.1, -0.05) is 18.2 Å². The first kappa shape index (κ1) is 15.2. The molecule has 0 saturated heterocycles. The fourth-order valence-corrected chi connectivity index (χ4v) is 5.02. The van der Waals surface area contributed by atoms with Crippen molar-refractivity contribution in [3.05, 3.63) is 46.5 Å². The summed E-state index contributed by atoms with van der Waals surface area (Å²) in [5.74, 6) is 0. The number of hydrogen-bond donors (Lipinski definition) is 1. The smallest absolute Gasteiger partial charge is 0.243 e. The van der Waals surface area contributed by atoms with Crippen molar-refractivity contribution in [2.75, 3.05) is 0 Å². The van der Waals surface area contributed by atoms with Crippen LogP contribution in [0.2, 0.25) is 0 Å². The van der Waals surface area contributed by atoms with Gasteiger partial charge in [0, 0.05) is 35.2 Å². The van der Waals surface area contributed by atoms with Gasteiger partial charge in [-0.05, 0) is 19.9 Å². The second kappa shape index (κ2) is 5.49. The molecule has 0 spiro atoms. The number of para-hydroxylation sites is 1. The van der Waals surface area contributed by atoms with E-state index in [4.69, 9.17) is 0 Å². The maximum absolute atomic E-state index is 12.8. The van der Waals surface area contributed by atoms with Crippen molar-refractivity contribution in [1.29, 1.82) is 0 Å². The first-order chi connectivity index (χ1) is 10.4. The molecule has 0 radical (unpaired) electrons. The van der Waals surface area contributed by atoms with E-state index in [9.17, 15) is 8.42 Å². The third-order valence-electron chi connectivity index (χ3n) is 3.76. The SMILES string of the molecule is Cc1c(S(=O)(=O)N[C@@H](C)c2nccs2)c2ccccc2n1C. The molecule has 0 saturated carbocycles. The predicted octanol–water partition coefficient (Wildman–Crippen LogP) is 2.98. The van der Waals surface area contributed by atoms with Gasteiger partial charge in [0.15, 0.2) is 0 Å². The highest BCUT2D eigenvalue weighted by Gasteiger charge is 2.26. The van der Waals surface area contributed by atoms with Gasteiger partial charge in [0.05, 0.1) is 6.04 Å². The van der Waals surface area contributed by atoms with E-state index >= 15 is 0 Å². The molecule has 2 aromatic heterocycles. The van der Waals surface area contributed by atoms with Crippen LogP contribution < -0.4 is 4.72 Å². The maximum atomic E-state index is 12.8. The molecule has 2 heterocycles. The third kappa shape index (κ3) is 2.45. The number of thiazole rings is 1. The van der Waals surface area contributed by atoms with E-state index in [2.05, 4.69) is 9.71 Å². The Labute approximate surface area is 133 Å². The minimum Gasteiger partial charge on any atom is -0.347 e. The quantitative estimate of drug-likeness (QED) is 0.797. The maximum Gasteiger partial charge on any atom is 0.243 e. The molecule has 22 heavy (non-hydrogen) atoms. The minimum absolute atomic E-state index is 0.342. The number of fused-ring (bicyclic) bond motifs is 1. The van der Waals surface area contributed by atoms with Crippen LogP contribution in [-0.2, 0) is 17.1 Å². The van der Waals surface area contributed by atoms with E-state index in [0.29, 0.717) is 4.90 Å². The highest BCUT2D eigenvalue weighted by molar-refractivity contribution is 7.89. The molecule has 0 bridgehead atoms. The number of aryl methyl sites for hydroxylation is 1. The number of rotatable bonds is 4. The largest absolute Gasteiger partial charge is 0.347 e. The van der Waals surface area contributed by atoms with Crippen LogP contribution in [0.5, 0.6) is 0 Å². The number of hydrogen-bond acceptors (Lipinski definition) is 4. The van der Waals surface area contributed by atoms with Crippen LogP contribution >= 0.6 is 11.3 Å². The Morgan fingerprint density at radius 1 is 1.32 bits per heavy atom. The van der Waals surface area contributed by atoms with Crippen molar-refractivity contribution in [2.24, 2.45) is 7.05 Å². The second-order valence-electron chi connectivity index (χ2n) is 5.20. The molecule has 3 rings (SSSR count). The molecule has 1 atom stereocenters. The van der Waals surface area contributed by atoms with Crippen molar-refractivity contribution < 1.29 is 8.42 Å². The summed E-state index contributed by atoms with van der Waals surface area (Å²) < 4.78 is 30.3. The summed E-state index contributed by atoms with van der Waals surface area (Å²) in [5.41, 5.74) is 1.63. The molecular weight excluding hydrogens is 318 g/mol. The van der Waals surface area contributed by atoms with Crippen molar-refractivity contribution in [3.8, 4) is 0 Å². The Balaban J connectivity index is 2.08. The Morgan fingerprint density at radius 2 is 2.05 bits per heavy atom. The van der Waals surface area contributed by atoms with Crippen LogP contribution in [0.1, 0.15) is 23.7 Å². The Hall–Kier alpha value is -1.70. The number of nitrogens with zero attached hydrogens (tertiary/aromatic N) is 2. The first-order valence-corrected chi connectivity index (χ1v) is 9.24. The molecule has 1 aromatic carbocycles. The lowest BCUT2D eigenvalue weighted by molar-refractivity contribution is 0.566. The highest BCUT2D eigenvalue weighted by Crippen LogP contribution is 2.30. The van der Waals surface area contributed by atoms with E-state index in [1.165, 1.54) is 11.3 Å². The summed E-state index contributed by atoms with van der Waals surface area (Å²) in [6, 6.07) is 7.16. The van der Waals surface area contributed by atoms with Crippen LogP contribution in [0.25, 0.3) is 10.9 Å². The molecule has 0 amide bonds. The third-order valence-corrected chi connectivity index (χ3v) is 6.44. The van der Waals surface area contributed by atoms with Crippen LogP contribution in [0, 0.1) is 6.92 Å². The van der Waals surface area contributed by atoms with Crippen molar-refractivity contribution in [1.82, 2.24) is 14.3 Å². The van der Waals surface area contributed by atoms with Crippen LogP contribution in [0.15, 0.2) is 40.7 Å². The van der Waals surface area contributed by atoms with Gasteiger partial charge >= 0.3 is 0 Å². The molecule has 116 valence electrons. The van der Waals surface area contributed by atoms with Gasteiger partial charge in [-0.3, -0.25) is 0 Å². The number of sulfonamides is 1. The minimum atomic E-state index is -3.63. The number of benzene rings is 1. The fraction of sp³-hybridized carbons (Fsp3) is 0.267. The molecule has 0 aliphatic rings. The van der Waals surface area contributed by atoms with Gasteiger partial charge in [0.1, 0.15) is 9.90 Å². The summed E-state index contributed by atoms with van der Waals surface area (Å²) in [4.78, 5) is 4.51. The molecular formula is C15H17N3O2S2. The molecule has 0 fully saturated rings. The Bertz CT molecular complexity index is 912. The van der Waals surface area contributed by atoms with Crippen LogP contribution in [-0.4, -0.2) is 18.0 Å². The van der Waals surface area contributed by atoms with Gasteiger partial charge in [-0.15, -0.1) is 11.3 Å². The lowest BCUT2D eigenvalue weighted by atomic mass is 10.2. The summed E-state index contributed by atoms with van der Waals surface area (Å²) in [6.45, 7) is 3.62. The van der Waals surface area contributed by atoms with E-state index in [0.717, 1.165) is 21.6 Å². The molecule has 5 nitrogen and oxygen atoms in total. The van der Waals surface area contributed by atoms with Gasteiger partial charge in [-0.2, -0.15) is 0 Å². The van der Waals surface area contributed by atoms with E-state index in [1.54, 1.807) is 13.1 Å². The van der Waals surface area contributed by atoms with Crippen molar-refractivity contribution in [3.63, 3.8) is 0 Å². The summed E-state index contributed by atoms with van der Waals surface area (Å²) >= 11 is 1.44. The topological polar surface area (TPSA) is 64.0 Å². The molecule has 7 heteroatoms. The molecule has 3 aromatic rings. The normalized spacial score (nSPS) is 13.6. The van der Waals surface area contributed by atoms with Crippen molar-refractivity contribution >= 4 is 32.3 Å². The highest BCUT2D eigenvalue weighted by atomic mass is 32.2. The Kier molecular flexibility index (Phi) is 3.80. The van der Waals surface area contributed by atoms with Gasteiger partial charge in [-0.25, -0.2) is 18.1 Å². The molecule has 0 aliphatic heterocycles. The van der Waals surface area contributed by atoms with Crippen molar-refractivity contribution in [2.45, 2.75) is 24.8 Å². The van der Waals surface area contributed by atoms with Crippen LogP contribution in [0.3, 0.4) is 0 Å². The summed E-state index contributed by atoms with van der Waals surface area (Å²) in [6.07, 6.45) is 1.67. The van der Waals surface area contributed by atoms with Gasteiger partial charge in [0.2, 0.25) is 10.0 Å². The van der Waals surface area contributed by atoms with E-state index in [-0.39, 0.29) is 6.04 Å². The lowest BCUT2D eigenvalue weighted by Gasteiger charge is -2.12. The standard InChI is InChI=1S/C15H17N3O2S2/c1-10(15-16-8-9-21-15)17-22(19,20)14-11(2)18(3)13-7-5-4-6-12(13)14/h4-10,17H,1-3H3/t10-/m0/s1. The molecule has 0 unspecified atom stereocenters. The van der Waals surface area contributed by atoms with E-state index in [1.807, 2.05) is 48.2 Å². The molecule has 0 aliphatic carbocycles. The van der Waals surface area contributed by atoms with Crippen LogP contribution in [0.4, 0.5) is 0 Å². The van der Waals surface area contributed by atoms with E-state index < -0.39 is 10.0 Å². The zero-order valence-corrected chi connectivity index (χ0v) is 14.2. The number of nitrogens with one attached hydrogen (secondary N) is 1. The zero-order chi connectivity index (χ0) is 15.9. The summed E-state index contributed by atoms with van der Waals surface area (Å²) in [7, 11) is -1.75. The second-order valence-corrected chi connectivity index (χ2v) is 7.78. The zero-order valence-electron chi connectivity index (χ0n) is 12.6. The summed E-state index contributed by atoms with van der Waals surface area (Å²) in [5, 5.41) is 3.33. The molecule has 1 N–H and O–H groups in total. The number of aromatic nitrogens is 2. The average molecular weight is 335 g/mol. The van der Waals surface area contributed by atoms with Gasteiger partial charge < -0.3 is 4.57 Å². The first-order valence-electron chi connectivity index (χ1n) is 6.87. The average Bonchev–Trinajstić information content (AvgIpc) is 3.07. The lowest BCUT2D eigenvalue weighted by Crippen LogP contribution is -2.27. The predicted molar refractivity (Wildman–Crippen MR) is 88.5 cm³/mol. The Morgan fingerprint density at radius 3 is 2.73 bits per heavy atom. The monoisotopic (exact) mass is 335 g/mol.